The van der Waals surface area contributed by atoms with Crippen molar-refractivity contribution in [2.45, 2.75) is 92.4 Å². The molecule has 176 valence electrons. The van der Waals surface area contributed by atoms with Crippen molar-refractivity contribution in [2.24, 2.45) is 0 Å². The van der Waals surface area contributed by atoms with E-state index in [0.29, 0.717) is 22.4 Å². The van der Waals surface area contributed by atoms with Crippen LogP contribution < -0.4 is 10.8 Å². The van der Waals surface area contributed by atoms with Crippen molar-refractivity contribution in [2.75, 3.05) is 0 Å². The number of amides is 1. The third kappa shape index (κ3) is 5.21. The number of carbonyl (C=O) groups is 1. The van der Waals surface area contributed by atoms with Crippen LogP contribution in [0.1, 0.15) is 90.0 Å². The molecule has 2 heterocycles. The van der Waals surface area contributed by atoms with E-state index in [1.54, 1.807) is 19.1 Å². The number of halogens is 1. The van der Waals surface area contributed by atoms with Crippen LogP contribution >= 0.6 is 0 Å². The molecule has 1 N–H and O–H groups in total. The van der Waals surface area contributed by atoms with Crippen molar-refractivity contribution in [3.05, 3.63) is 40.8 Å². The van der Waals surface area contributed by atoms with Gasteiger partial charge in [-0.1, -0.05) is 51.9 Å². The molecule has 9 heteroatoms. The van der Waals surface area contributed by atoms with Crippen LogP contribution in [0.25, 0.3) is 0 Å². The lowest BCUT2D eigenvalue weighted by atomic mass is 9.77. The van der Waals surface area contributed by atoms with Gasteiger partial charge in [-0.3, -0.25) is 4.79 Å². The van der Waals surface area contributed by atoms with Gasteiger partial charge in [-0.05, 0) is 45.7 Å². The number of benzene rings is 1. The fourth-order valence-electron chi connectivity index (χ4n) is 2.96. The van der Waals surface area contributed by atoms with Gasteiger partial charge < -0.3 is 19.1 Å². The molecule has 1 aromatic carbocycles. The molecule has 1 fully saturated rings. The molecule has 0 radical (unpaired) electrons. The first-order valence-electron chi connectivity index (χ1n) is 11.0. The first kappa shape index (κ1) is 26.0. The topological polar surface area (TPSA) is 86.5 Å². The summed E-state index contributed by atoms with van der Waals surface area (Å²) in [7, 11) is -0.786. The summed E-state index contributed by atoms with van der Waals surface area (Å²) in [6, 6.07) is 3.39. The van der Waals surface area contributed by atoms with Gasteiger partial charge in [0.05, 0.1) is 11.2 Å². The molecule has 0 atom stereocenters. The van der Waals surface area contributed by atoms with Crippen molar-refractivity contribution in [3.63, 3.8) is 0 Å². The fourth-order valence-corrected chi connectivity index (χ4v) is 2.96. The number of nitrogens with one attached hydrogen (secondary N) is 1. The Morgan fingerprint density at radius 1 is 1.12 bits per heavy atom. The summed E-state index contributed by atoms with van der Waals surface area (Å²) < 4.78 is 32.0. The summed E-state index contributed by atoms with van der Waals surface area (Å²) in [5, 5.41) is 6.54. The second kappa shape index (κ2) is 9.31. The molecule has 7 nitrogen and oxygen atoms in total. The van der Waals surface area contributed by atoms with Crippen LogP contribution in [-0.4, -0.2) is 34.4 Å². The zero-order chi connectivity index (χ0) is 24.5. The third-order valence-corrected chi connectivity index (χ3v) is 5.77. The van der Waals surface area contributed by atoms with E-state index in [0.717, 1.165) is 0 Å². The fraction of sp³-hybridized carbons (Fsp3) is 0.609. The van der Waals surface area contributed by atoms with Crippen LogP contribution in [0, 0.1) is 12.7 Å². The number of aromatic nitrogens is 2. The molecule has 0 bridgehead atoms. The lowest BCUT2D eigenvalue weighted by Crippen LogP contribution is -2.41. The summed E-state index contributed by atoms with van der Waals surface area (Å²) in [4.78, 5) is 16.5. The van der Waals surface area contributed by atoms with Gasteiger partial charge in [0.1, 0.15) is 5.82 Å². The van der Waals surface area contributed by atoms with Crippen molar-refractivity contribution in [1.82, 2.24) is 15.5 Å². The molecule has 0 spiro atoms. The maximum Gasteiger partial charge on any atom is 0.497 e. The largest absolute Gasteiger partial charge is 0.497 e. The zero-order valence-corrected chi connectivity index (χ0v) is 20.8. The maximum atomic E-state index is 15.1. The van der Waals surface area contributed by atoms with E-state index in [4.69, 9.17) is 13.8 Å². The third-order valence-electron chi connectivity index (χ3n) is 5.77. The Morgan fingerprint density at radius 3 is 2.19 bits per heavy atom. The monoisotopic (exact) mass is 447 g/mol. The molecule has 1 aliphatic rings. The summed E-state index contributed by atoms with van der Waals surface area (Å²) in [5.74, 6) is -0.588. The Morgan fingerprint density at radius 2 is 1.69 bits per heavy atom. The van der Waals surface area contributed by atoms with Gasteiger partial charge in [-0.2, -0.15) is 4.98 Å². The molecule has 32 heavy (non-hydrogen) atoms. The van der Waals surface area contributed by atoms with E-state index in [-0.39, 0.29) is 17.9 Å². The highest BCUT2D eigenvalue weighted by Crippen LogP contribution is 2.36. The first-order chi connectivity index (χ1) is 14.7. The lowest BCUT2D eigenvalue weighted by Gasteiger charge is -2.32. The summed E-state index contributed by atoms with van der Waals surface area (Å²) >= 11 is 0. The van der Waals surface area contributed by atoms with Crippen LogP contribution in [0.2, 0.25) is 0 Å². The van der Waals surface area contributed by atoms with Crippen molar-refractivity contribution in [3.8, 4) is 0 Å². The Kier molecular flexibility index (Phi) is 7.57. The standard InChI is InChI=1S/C21H29BFN3O4.C2H6/c1-12-13(11-24-16(27)17-25-18(26-28-17)19(2,3)4)9-10-14(15(12)23)22-29-20(5,6)21(7,8)30-22;1-2/h9-10H,11H2,1-8H3,(H,24,27);1-2H3. The molecule has 1 saturated heterocycles. The van der Waals surface area contributed by atoms with Crippen LogP contribution in [-0.2, 0) is 21.3 Å². The van der Waals surface area contributed by atoms with Gasteiger partial charge in [0.15, 0.2) is 5.82 Å². The molecule has 0 aliphatic carbocycles. The average molecular weight is 447 g/mol. The normalized spacial score (nSPS) is 17.0. The SMILES string of the molecule is CC.Cc1c(CNC(=O)c2nc(C(C)(C)C)no2)ccc(B2OC(C)(C)C(C)(C)O2)c1F. The van der Waals surface area contributed by atoms with E-state index >= 15 is 4.39 Å². The minimum atomic E-state index is -0.786. The summed E-state index contributed by atoms with van der Waals surface area (Å²) in [6.45, 7) is 19.2. The molecule has 0 unspecified atom stereocenters. The Labute approximate surface area is 190 Å². The van der Waals surface area contributed by atoms with Crippen molar-refractivity contribution >= 4 is 18.5 Å². The highest BCUT2D eigenvalue weighted by atomic mass is 19.1. The van der Waals surface area contributed by atoms with Crippen molar-refractivity contribution < 1.29 is 23.0 Å². The van der Waals surface area contributed by atoms with Gasteiger partial charge in [-0.15, -0.1) is 0 Å². The predicted octanol–water partition coefficient (Wildman–Crippen LogP) is 4.07. The lowest BCUT2D eigenvalue weighted by molar-refractivity contribution is 0.00578. The smallest absolute Gasteiger partial charge is 0.399 e. The number of carbonyl (C=O) groups excluding carboxylic acids is 1. The Balaban J connectivity index is 0.00000176. The van der Waals surface area contributed by atoms with Crippen LogP contribution in [0.4, 0.5) is 4.39 Å². The Hall–Kier alpha value is -2.26. The van der Waals surface area contributed by atoms with Crippen LogP contribution in [0.3, 0.4) is 0 Å². The van der Waals surface area contributed by atoms with E-state index in [9.17, 15) is 4.79 Å². The second-order valence-corrected chi connectivity index (χ2v) is 9.70. The van der Waals surface area contributed by atoms with E-state index < -0.39 is 30.0 Å². The highest BCUT2D eigenvalue weighted by Gasteiger charge is 2.52. The molecule has 1 amide bonds. The number of hydrogen-bond acceptors (Lipinski definition) is 6. The molecular formula is C23H35BFN3O4. The van der Waals surface area contributed by atoms with Crippen LogP contribution in [0.15, 0.2) is 16.7 Å². The molecule has 1 aliphatic heterocycles. The van der Waals surface area contributed by atoms with Gasteiger partial charge in [0.2, 0.25) is 0 Å². The van der Waals surface area contributed by atoms with Gasteiger partial charge in [-0.25, -0.2) is 4.39 Å². The molecule has 2 aromatic rings. The van der Waals surface area contributed by atoms with Crippen molar-refractivity contribution in [1.29, 1.82) is 0 Å². The quantitative estimate of drug-likeness (QED) is 0.712. The van der Waals surface area contributed by atoms with Gasteiger partial charge >= 0.3 is 18.9 Å². The second-order valence-electron chi connectivity index (χ2n) is 9.70. The summed E-state index contributed by atoms with van der Waals surface area (Å²) in [5.41, 5.74) is -0.0418. The number of rotatable bonds is 4. The first-order valence-corrected chi connectivity index (χ1v) is 11.0. The van der Waals surface area contributed by atoms with Gasteiger partial charge in [0, 0.05) is 17.4 Å². The van der Waals surface area contributed by atoms with E-state index in [1.165, 1.54) is 0 Å². The molecular weight excluding hydrogens is 412 g/mol. The van der Waals surface area contributed by atoms with E-state index in [1.807, 2.05) is 62.3 Å². The Bertz CT molecular complexity index is 951. The predicted molar refractivity (Wildman–Crippen MR) is 122 cm³/mol. The zero-order valence-electron chi connectivity index (χ0n) is 20.8. The average Bonchev–Trinajstić information content (AvgIpc) is 3.27. The summed E-state index contributed by atoms with van der Waals surface area (Å²) in [6.07, 6.45) is 0. The minimum Gasteiger partial charge on any atom is -0.399 e. The highest BCUT2D eigenvalue weighted by molar-refractivity contribution is 6.62. The maximum absolute atomic E-state index is 15.1. The number of nitrogens with zero attached hydrogens (tertiary/aromatic N) is 2. The molecule has 1 aromatic heterocycles. The molecule has 3 rings (SSSR count). The van der Waals surface area contributed by atoms with Crippen LogP contribution in [0.5, 0.6) is 0 Å². The molecule has 0 saturated carbocycles. The van der Waals surface area contributed by atoms with E-state index in [2.05, 4.69) is 15.5 Å². The number of hydrogen-bond donors (Lipinski definition) is 1. The minimum absolute atomic E-state index is 0.119. The van der Waals surface area contributed by atoms with Gasteiger partial charge in [0.25, 0.3) is 0 Å².